The third kappa shape index (κ3) is 5.87. The molecular weight excluding hydrogens is 525 g/mol. The van der Waals surface area contributed by atoms with Crippen LogP contribution in [-0.4, -0.2) is 48.9 Å². The van der Waals surface area contributed by atoms with E-state index in [0.717, 1.165) is 69.4 Å². The van der Waals surface area contributed by atoms with E-state index in [9.17, 15) is 0 Å². The van der Waals surface area contributed by atoms with Crippen LogP contribution in [0.4, 0.5) is 0 Å². The Morgan fingerprint density at radius 3 is 2.55 bits per heavy atom. The lowest BCUT2D eigenvalue weighted by atomic mass is 9.72. The van der Waals surface area contributed by atoms with E-state index in [0.29, 0.717) is 0 Å². The number of guanidine groups is 1. The van der Waals surface area contributed by atoms with Crippen molar-refractivity contribution in [1.29, 1.82) is 0 Å². The van der Waals surface area contributed by atoms with Crippen LogP contribution in [0, 0.1) is 13.8 Å². The van der Waals surface area contributed by atoms with E-state index in [4.69, 9.17) is 4.74 Å². The quantitative estimate of drug-likeness (QED) is 0.192. The van der Waals surface area contributed by atoms with Crippen molar-refractivity contribution in [2.45, 2.75) is 45.1 Å². The van der Waals surface area contributed by atoms with Gasteiger partial charge in [-0.25, -0.2) is 4.98 Å². The number of hydrogen-bond acceptors (Lipinski definition) is 3. The Kier molecular flexibility index (Phi) is 9.14. The molecule has 1 fully saturated rings. The summed E-state index contributed by atoms with van der Waals surface area (Å²) in [5.74, 6) is 1.92. The van der Waals surface area contributed by atoms with Crippen LogP contribution in [0.3, 0.4) is 0 Å². The number of rotatable bonds is 7. The number of aliphatic imine (C=N–C) groups is 1. The summed E-state index contributed by atoms with van der Waals surface area (Å²) >= 11 is 0. The standard InChI is InChI=1S/C26H35N5O.HI/c1-20-9-4-5-10-22(20)26(13-17-32-18-14-26)19-29-25(27-3)28-15-8-16-31-21(2)30-23-11-6-7-12-24(23)31;/h4-7,9-12H,8,13-19H2,1-3H3,(H2,27,28,29);1H. The molecule has 0 unspecified atom stereocenters. The summed E-state index contributed by atoms with van der Waals surface area (Å²) in [5, 5.41) is 7.10. The zero-order valence-corrected chi connectivity index (χ0v) is 22.3. The Balaban J connectivity index is 0.00000306. The van der Waals surface area contributed by atoms with Gasteiger partial charge in [-0.1, -0.05) is 36.4 Å². The van der Waals surface area contributed by atoms with Gasteiger partial charge in [-0.05, 0) is 56.4 Å². The van der Waals surface area contributed by atoms with Gasteiger partial charge in [-0.15, -0.1) is 24.0 Å². The van der Waals surface area contributed by atoms with Gasteiger partial charge in [0.1, 0.15) is 5.82 Å². The maximum Gasteiger partial charge on any atom is 0.191 e. The topological polar surface area (TPSA) is 63.5 Å². The molecule has 1 aliphatic rings. The van der Waals surface area contributed by atoms with Crippen LogP contribution in [0.25, 0.3) is 11.0 Å². The zero-order chi connectivity index (χ0) is 22.4. The van der Waals surface area contributed by atoms with Crippen LogP contribution in [0.1, 0.15) is 36.2 Å². The maximum absolute atomic E-state index is 5.69. The van der Waals surface area contributed by atoms with Crippen molar-refractivity contribution < 1.29 is 4.74 Å². The van der Waals surface area contributed by atoms with Crippen LogP contribution >= 0.6 is 24.0 Å². The minimum atomic E-state index is 0. The number of para-hydroxylation sites is 2. The summed E-state index contributed by atoms with van der Waals surface area (Å²) < 4.78 is 7.99. The second-order valence-electron chi connectivity index (χ2n) is 8.71. The van der Waals surface area contributed by atoms with Gasteiger partial charge < -0.3 is 19.9 Å². The highest BCUT2D eigenvalue weighted by atomic mass is 127. The van der Waals surface area contributed by atoms with Crippen molar-refractivity contribution in [2.24, 2.45) is 4.99 Å². The van der Waals surface area contributed by atoms with E-state index < -0.39 is 0 Å². The summed E-state index contributed by atoms with van der Waals surface area (Å²) in [6.07, 6.45) is 3.04. The van der Waals surface area contributed by atoms with Gasteiger partial charge in [0, 0.05) is 45.3 Å². The number of halogens is 1. The van der Waals surface area contributed by atoms with E-state index in [2.05, 4.69) is 81.5 Å². The summed E-state index contributed by atoms with van der Waals surface area (Å²) in [6, 6.07) is 17.1. The first-order chi connectivity index (χ1) is 15.6. The Morgan fingerprint density at radius 1 is 1.06 bits per heavy atom. The largest absolute Gasteiger partial charge is 0.381 e. The van der Waals surface area contributed by atoms with Gasteiger partial charge in [-0.3, -0.25) is 4.99 Å². The lowest BCUT2D eigenvalue weighted by Gasteiger charge is -2.39. The Labute approximate surface area is 214 Å². The van der Waals surface area contributed by atoms with Gasteiger partial charge in [0.05, 0.1) is 11.0 Å². The molecule has 0 saturated carbocycles. The molecule has 33 heavy (non-hydrogen) atoms. The van der Waals surface area contributed by atoms with E-state index in [1.165, 1.54) is 16.6 Å². The van der Waals surface area contributed by atoms with Crippen molar-refractivity contribution >= 4 is 41.0 Å². The molecule has 0 amide bonds. The first-order valence-electron chi connectivity index (χ1n) is 11.6. The average molecular weight is 562 g/mol. The maximum atomic E-state index is 5.69. The number of ether oxygens (including phenoxy) is 1. The van der Waals surface area contributed by atoms with Crippen LogP contribution in [-0.2, 0) is 16.7 Å². The second-order valence-corrected chi connectivity index (χ2v) is 8.71. The average Bonchev–Trinajstić information content (AvgIpc) is 3.14. The number of aryl methyl sites for hydroxylation is 3. The molecule has 3 aromatic rings. The molecule has 2 N–H and O–H groups in total. The molecule has 0 radical (unpaired) electrons. The number of nitrogens with one attached hydrogen (secondary N) is 2. The van der Waals surface area contributed by atoms with Crippen molar-refractivity contribution in [3.63, 3.8) is 0 Å². The SMILES string of the molecule is CN=C(NCCCn1c(C)nc2ccccc21)NCC1(c2ccccc2C)CCOCC1.I. The fourth-order valence-electron chi connectivity index (χ4n) is 4.87. The predicted molar refractivity (Wildman–Crippen MR) is 147 cm³/mol. The lowest BCUT2D eigenvalue weighted by Crippen LogP contribution is -2.48. The summed E-state index contributed by atoms with van der Waals surface area (Å²) in [5.41, 5.74) is 5.12. The van der Waals surface area contributed by atoms with Crippen molar-refractivity contribution in [2.75, 3.05) is 33.4 Å². The van der Waals surface area contributed by atoms with Gasteiger partial charge in [0.2, 0.25) is 0 Å². The van der Waals surface area contributed by atoms with Crippen LogP contribution in [0.2, 0.25) is 0 Å². The smallest absolute Gasteiger partial charge is 0.191 e. The molecule has 4 rings (SSSR count). The normalized spacial score (nSPS) is 15.8. The molecule has 0 spiro atoms. The van der Waals surface area contributed by atoms with E-state index >= 15 is 0 Å². The predicted octanol–water partition coefficient (Wildman–Crippen LogP) is 4.57. The molecule has 0 bridgehead atoms. The summed E-state index contributed by atoms with van der Waals surface area (Å²) in [4.78, 5) is 9.13. The minimum Gasteiger partial charge on any atom is -0.381 e. The third-order valence-electron chi connectivity index (χ3n) is 6.68. The fraction of sp³-hybridized carbons (Fsp3) is 0.462. The summed E-state index contributed by atoms with van der Waals surface area (Å²) in [6.45, 7) is 8.54. The van der Waals surface area contributed by atoms with Gasteiger partial charge in [-0.2, -0.15) is 0 Å². The number of nitrogens with zero attached hydrogens (tertiary/aromatic N) is 3. The number of hydrogen-bond donors (Lipinski definition) is 2. The number of imidazole rings is 1. The molecule has 7 heteroatoms. The molecule has 1 aliphatic heterocycles. The highest BCUT2D eigenvalue weighted by molar-refractivity contribution is 14.0. The summed E-state index contributed by atoms with van der Waals surface area (Å²) in [7, 11) is 1.84. The second kappa shape index (κ2) is 11.8. The molecule has 1 aromatic heterocycles. The number of aromatic nitrogens is 2. The molecule has 0 aliphatic carbocycles. The number of benzene rings is 2. The van der Waals surface area contributed by atoms with E-state index in [-0.39, 0.29) is 29.4 Å². The van der Waals surface area contributed by atoms with Crippen molar-refractivity contribution in [1.82, 2.24) is 20.2 Å². The monoisotopic (exact) mass is 561 g/mol. The molecule has 178 valence electrons. The molecule has 2 aromatic carbocycles. The van der Waals surface area contributed by atoms with Crippen LogP contribution < -0.4 is 10.6 Å². The number of fused-ring (bicyclic) bond motifs is 1. The third-order valence-corrected chi connectivity index (χ3v) is 6.68. The van der Waals surface area contributed by atoms with E-state index in [1.54, 1.807) is 0 Å². The minimum absolute atomic E-state index is 0. The van der Waals surface area contributed by atoms with E-state index in [1.807, 2.05) is 13.1 Å². The Hall–Kier alpha value is -2.13. The van der Waals surface area contributed by atoms with Crippen LogP contribution in [0.5, 0.6) is 0 Å². The lowest BCUT2D eigenvalue weighted by molar-refractivity contribution is 0.0512. The highest BCUT2D eigenvalue weighted by Crippen LogP contribution is 2.36. The zero-order valence-electron chi connectivity index (χ0n) is 19.9. The van der Waals surface area contributed by atoms with Gasteiger partial charge in [0.15, 0.2) is 5.96 Å². The highest BCUT2D eigenvalue weighted by Gasteiger charge is 2.35. The molecule has 1 saturated heterocycles. The molecule has 0 atom stereocenters. The van der Waals surface area contributed by atoms with Crippen molar-refractivity contribution in [3.05, 3.63) is 65.5 Å². The first kappa shape index (κ1) is 25.5. The molecular formula is C26H36IN5O. The van der Waals surface area contributed by atoms with Gasteiger partial charge >= 0.3 is 0 Å². The fourth-order valence-corrected chi connectivity index (χ4v) is 4.87. The van der Waals surface area contributed by atoms with Crippen LogP contribution in [0.15, 0.2) is 53.5 Å². The van der Waals surface area contributed by atoms with Crippen molar-refractivity contribution in [3.8, 4) is 0 Å². The molecule has 6 nitrogen and oxygen atoms in total. The van der Waals surface area contributed by atoms with Gasteiger partial charge in [0.25, 0.3) is 0 Å². The molecule has 2 heterocycles. The first-order valence-corrected chi connectivity index (χ1v) is 11.6. The Morgan fingerprint density at radius 2 is 1.79 bits per heavy atom. The Bertz CT molecular complexity index is 1070.